The first-order valence-electron chi connectivity index (χ1n) is 6.26. The number of hydrogen-bond acceptors (Lipinski definition) is 5. The fraction of sp³-hybridized carbons (Fsp3) is 0.727. The second-order valence-electron chi connectivity index (χ2n) is 4.88. The van der Waals surface area contributed by atoms with Gasteiger partial charge in [-0.3, -0.25) is 4.79 Å². The quantitative estimate of drug-likeness (QED) is 0.916. The largest absolute Gasteiger partial charge is 0.347 e. The summed E-state index contributed by atoms with van der Waals surface area (Å²) in [7, 11) is 0. The summed E-state index contributed by atoms with van der Waals surface area (Å²) in [5, 5.41) is 10.8. The molecule has 1 saturated carbocycles. The van der Waals surface area contributed by atoms with Gasteiger partial charge in [0.2, 0.25) is 9.47 Å². The van der Waals surface area contributed by atoms with Crippen LogP contribution in [0.25, 0.3) is 0 Å². The standard InChI is InChI=1S/C11H15ClN4OS/c12-11-15-14-10(18-11)9(17)13-7-3-5-16(6-4-7)8-1-2-8/h7-8H,1-6H2,(H,13,17). The van der Waals surface area contributed by atoms with Crippen LogP contribution in [-0.4, -0.2) is 46.2 Å². The highest BCUT2D eigenvalue weighted by Crippen LogP contribution is 2.29. The molecule has 2 aliphatic rings. The molecule has 2 fully saturated rings. The van der Waals surface area contributed by atoms with E-state index in [9.17, 15) is 4.79 Å². The Labute approximate surface area is 115 Å². The summed E-state index contributed by atoms with van der Waals surface area (Å²) >= 11 is 6.79. The summed E-state index contributed by atoms with van der Waals surface area (Å²) in [6.45, 7) is 2.18. The molecule has 0 radical (unpaired) electrons. The SMILES string of the molecule is O=C(NC1CCN(C2CC2)CC1)c1nnc(Cl)s1. The lowest BCUT2D eigenvalue weighted by Crippen LogP contribution is -2.45. The van der Waals surface area contributed by atoms with Gasteiger partial charge in [0.25, 0.3) is 5.91 Å². The minimum atomic E-state index is -0.149. The number of amides is 1. The highest BCUT2D eigenvalue weighted by Gasteiger charge is 2.32. The van der Waals surface area contributed by atoms with Crippen molar-refractivity contribution in [3.05, 3.63) is 9.47 Å². The van der Waals surface area contributed by atoms with E-state index in [0.29, 0.717) is 9.47 Å². The molecule has 1 aliphatic heterocycles. The number of nitrogens with one attached hydrogen (secondary N) is 1. The number of piperidine rings is 1. The zero-order chi connectivity index (χ0) is 12.5. The van der Waals surface area contributed by atoms with E-state index >= 15 is 0 Å². The lowest BCUT2D eigenvalue weighted by atomic mass is 10.0. The molecule has 0 aromatic carbocycles. The van der Waals surface area contributed by atoms with Crippen LogP contribution in [0.1, 0.15) is 35.5 Å². The third-order valence-electron chi connectivity index (χ3n) is 3.52. The molecule has 3 rings (SSSR count). The van der Waals surface area contributed by atoms with E-state index in [1.165, 1.54) is 12.8 Å². The maximum Gasteiger partial charge on any atom is 0.282 e. The van der Waals surface area contributed by atoms with Gasteiger partial charge < -0.3 is 10.2 Å². The number of likely N-dealkylation sites (tertiary alicyclic amines) is 1. The van der Waals surface area contributed by atoms with Crippen molar-refractivity contribution in [1.82, 2.24) is 20.4 Å². The Morgan fingerprint density at radius 3 is 2.56 bits per heavy atom. The van der Waals surface area contributed by atoms with Crippen LogP contribution < -0.4 is 5.32 Å². The van der Waals surface area contributed by atoms with Gasteiger partial charge in [-0.1, -0.05) is 11.3 Å². The zero-order valence-electron chi connectivity index (χ0n) is 9.93. The van der Waals surface area contributed by atoms with E-state index in [4.69, 9.17) is 11.6 Å². The third kappa shape index (κ3) is 2.81. The van der Waals surface area contributed by atoms with Crippen molar-refractivity contribution in [2.24, 2.45) is 0 Å². The van der Waals surface area contributed by atoms with Crippen molar-refractivity contribution >= 4 is 28.8 Å². The molecule has 1 aliphatic carbocycles. The average Bonchev–Trinajstić information content (AvgIpc) is 3.12. The summed E-state index contributed by atoms with van der Waals surface area (Å²) in [4.78, 5) is 14.4. The van der Waals surface area contributed by atoms with E-state index in [-0.39, 0.29) is 11.9 Å². The fourth-order valence-electron chi connectivity index (χ4n) is 2.39. The van der Waals surface area contributed by atoms with Gasteiger partial charge in [-0.25, -0.2) is 0 Å². The van der Waals surface area contributed by atoms with Gasteiger partial charge >= 0.3 is 0 Å². The van der Waals surface area contributed by atoms with Crippen LogP contribution in [0, 0.1) is 0 Å². The van der Waals surface area contributed by atoms with E-state index < -0.39 is 0 Å². The number of nitrogens with zero attached hydrogens (tertiary/aromatic N) is 3. The molecule has 0 atom stereocenters. The first-order valence-corrected chi connectivity index (χ1v) is 7.46. The minimum absolute atomic E-state index is 0.149. The molecule has 1 aromatic rings. The first-order chi connectivity index (χ1) is 8.72. The van der Waals surface area contributed by atoms with Crippen LogP contribution >= 0.6 is 22.9 Å². The van der Waals surface area contributed by atoms with Gasteiger partial charge in [-0.05, 0) is 37.3 Å². The number of aromatic nitrogens is 2. The van der Waals surface area contributed by atoms with Crippen LogP contribution in [0.15, 0.2) is 0 Å². The topological polar surface area (TPSA) is 58.1 Å². The van der Waals surface area contributed by atoms with E-state index in [2.05, 4.69) is 20.4 Å². The molecule has 0 bridgehead atoms. The maximum atomic E-state index is 11.9. The molecule has 2 heterocycles. The third-order valence-corrected chi connectivity index (χ3v) is 4.54. The molecular formula is C11H15ClN4OS. The van der Waals surface area contributed by atoms with Gasteiger partial charge in [0.1, 0.15) is 0 Å². The summed E-state index contributed by atoms with van der Waals surface area (Å²) in [5.41, 5.74) is 0. The predicted octanol–water partition coefficient (Wildman–Crippen LogP) is 1.55. The van der Waals surface area contributed by atoms with Crippen molar-refractivity contribution < 1.29 is 4.79 Å². The van der Waals surface area contributed by atoms with Crippen LogP contribution in [-0.2, 0) is 0 Å². The van der Waals surface area contributed by atoms with Crippen molar-refractivity contribution in [2.45, 2.75) is 37.8 Å². The normalized spacial score (nSPS) is 22.1. The smallest absolute Gasteiger partial charge is 0.282 e. The van der Waals surface area contributed by atoms with Crippen molar-refractivity contribution in [3.63, 3.8) is 0 Å². The monoisotopic (exact) mass is 286 g/mol. The second-order valence-corrected chi connectivity index (χ2v) is 6.43. The van der Waals surface area contributed by atoms with Crippen molar-refractivity contribution in [1.29, 1.82) is 0 Å². The van der Waals surface area contributed by atoms with Crippen LogP contribution in [0.2, 0.25) is 4.47 Å². The molecule has 0 unspecified atom stereocenters. The average molecular weight is 287 g/mol. The van der Waals surface area contributed by atoms with Crippen LogP contribution in [0.4, 0.5) is 0 Å². The van der Waals surface area contributed by atoms with Crippen molar-refractivity contribution in [3.8, 4) is 0 Å². The lowest BCUT2D eigenvalue weighted by molar-refractivity contribution is 0.0908. The molecule has 18 heavy (non-hydrogen) atoms. The Morgan fingerprint density at radius 1 is 1.28 bits per heavy atom. The zero-order valence-corrected chi connectivity index (χ0v) is 11.5. The number of hydrogen-bond donors (Lipinski definition) is 1. The highest BCUT2D eigenvalue weighted by atomic mass is 35.5. The molecular weight excluding hydrogens is 272 g/mol. The van der Waals surface area contributed by atoms with E-state index in [1.54, 1.807) is 0 Å². The molecule has 98 valence electrons. The second kappa shape index (κ2) is 5.11. The summed E-state index contributed by atoms with van der Waals surface area (Å²) < 4.78 is 0.309. The van der Waals surface area contributed by atoms with E-state index in [0.717, 1.165) is 43.3 Å². The Bertz CT molecular complexity index is 440. The first kappa shape index (κ1) is 12.3. The molecule has 1 N–H and O–H groups in total. The van der Waals surface area contributed by atoms with Crippen molar-refractivity contribution in [2.75, 3.05) is 13.1 Å². The Balaban J connectivity index is 1.50. The summed E-state index contributed by atoms with van der Waals surface area (Å²) in [6.07, 6.45) is 4.74. The number of carbonyl (C=O) groups is 1. The van der Waals surface area contributed by atoms with Crippen LogP contribution in [0.3, 0.4) is 0 Å². The van der Waals surface area contributed by atoms with Gasteiger partial charge in [-0.2, -0.15) is 0 Å². The number of halogens is 1. The predicted molar refractivity (Wildman–Crippen MR) is 70.0 cm³/mol. The Kier molecular flexibility index (Phi) is 3.50. The Hall–Kier alpha value is -0.720. The van der Waals surface area contributed by atoms with E-state index in [1.807, 2.05) is 0 Å². The van der Waals surface area contributed by atoms with Gasteiger partial charge in [-0.15, -0.1) is 10.2 Å². The molecule has 1 amide bonds. The van der Waals surface area contributed by atoms with Gasteiger partial charge in [0.05, 0.1) is 0 Å². The molecule has 7 heteroatoms. The minimum Gasteiger partial charge on any atom is -0.347 e. The maximum absolute atomic E-state index is 11.9. The van der Waals surface area contributed by atoms with Gasteiger partial charge in [0, 0.05) is 25.2 Å². The Morgan fingerprint density at radius 2 is 2.00 bits per heavy atom. The number of carbonyl (C=O) groups excluding carboxylic acids is 1. The summed E-state index contributed by atoms with van der Waals surface area (Å²) in [5.74, 6) is -0.149. The summed E-state index contributed by atoms with van der Waals surface area (Å²) in [6, 6.07) is 1.08. The lowest BCUT2D eigenvalue weighted by Gasteiger charge is -2.32. The molecule has 1 aromatic heterocycles. The molecule has 5 nitrogen and oxygen atoms in total. The molecule has 0 spiro atoms. The van der Waals surface area contributed by atoms with Crippen LogP contribution in [0.5, 0.6) is 0 Å². The highest BCUT2D eigenvalue weighted by molar-refractivity contribution is 7.17. The molecule has 1 saturated heterocycles. The number of rotatable bonds is 3. The fourth-order valence-corrected chi connectivity index (χ4v) is 3.12. The van der Waals surface area contributed by atoms with Gasteiger partial charge in [0.15, 0.2) is 0 Å².